The van der Waals surface area contributed by atoms with Crippen molar-refractivity contribution in [2.24, 2.45) is 0 Å². The average Bonchev–Trinajstić information content (AvgIpc) is 2.78. The normalized spacial score (nSPS) is 9.71. The van der Waals surface area contributed by atoms with Gasteiger partial charge in [-0.25, -0.2) is 0 Å². The number of carbonyl (C=O) groups is 2. The molecule has 0 aliphatic rings. The molecule has 11 nitrogen and oxygen atoms in total. The summed E-state index contributed by atoms with van der Waals surface area (Å²) in [5, 5.41) is 9.56. The van der Waals surface area contributed by atoms with Crippen molar-refractivity contribution in [3.8, 4) is 0 Å². The van der Waals surface area contributed by atoms with Crippen molar-refractivity contribution in [3.63, 3.8) is 0 Å². The fraction of sp³-hybridized carbons (Fsp3) is 0.500. The summed E-state index contributed by atoms with van der Waals surface area (Å²) in [6.07, 6.45) is 1.46. The summed E-state index contributed by atoms with van der Waals surface area (Å²) in [5.41, 5.74) is 1.55. The van der Waals surface area contributed by atoms with Gasteiger partial charge in [-0.15, -0.1) is 12.4 Å². The minimum Gasteiger partial charge on any atom is -0.870 e. The van der Waals surface area contributed by atoms with Crippen LogP contribution in [-0.4, -0.2) is 151 Å². The van der Waals surface area contributed by atoms with Gasteiger partial charge >= 0.3 is 23.1 Å². The zero-order chi connectivity index (χ0) is 25.4. The third-order valence-electron chi connectivity index (χ3n) is 6.66. The number of halogens is 1. The molecule has 0 atom stereocenters. The topological polar surface area (TPSA) is 219 Å². The van der Waals surface area contributed by atoms with Crippen LogP contribution in [0.4, 0.5) is 0 Å². The maximum absolute atomic E-state index is 13.1. The second-order valence-electron chi connectivity index (χ2n) is 10.3. The largest absolute Gasteiger partial charge is 2.00 e. The van der Waals surface area contributed by atoms with Gasteiger partial charge < -0.3 is 42.3 Å². The van der Waals surface area contributed by atoms with Gasteiger partial charge in [-0.1, -0.05) is 60.7 Å². The number of rotatable bonds is 12. The van der Waals surface area contributed by atoms with Crippen molar-refractivity contribution in [2.45, 2.75) is 51.6 Å². The molecule has 2 rings (SSSR count). The average molecular weight is 643 g/mol. The summed E-state index contributed by atoms with van der Waals surface area (Å²) in [5.74, 6) is -0.151. The first-order valence-corrected chi connectivity index (χ1v) is 11.9. The van der Waals surface area contributed by atoms with Crippen molar-refractivity contribution in [3.05, 3.63) is 71.8 Å². The minimum absolute atomic E-state index is 0. The van der Waals surface area contributed by atoms with Crippen molar-refractivity contribution >= 4 is 64.6 Å². The summed E-state index contributed by atoms with van der Waals surface area (Å²) >= 11 is 0. The molecule has 0 unspecified atom stereocenters. The number of hydrogen-bond acceptors (Lipinski definition) is 6. The fourth-order valence-corrected chi connectivity index (χ4v) is 4.05. The smallest absolute Gasteiger partial charge is 0.870 e. The quantitative estimate of drug-likeness (QED) is 0.315. The Morgan fingerprint density at radius 3 is 1.24 bits per heavy atom. The Balaban J connectivity index is -0.000000306. The van der Waals surface area contributed by atoms with Gasteiger partial charge in [-0.05, 0) is 51.7 Å². The van der Waals surface area contributed by atoms with E-state index in [9.17, 15) is 14.7 Å². The number of benzene rings is 2. The molecule has 2 aromatic carbocycles. The van der Waals surface area contributed by atoms with Gasteiger partial charge in [-0.2, -0.15) is 0 Å². The third-order valence-corrected chi connectivity index (χ3v) is 6.66. The molecule has 0 saturated heterocycles. The number of aliphatic hydroxyl groups is 1. The van der Waals surface area contributed by atoms with E-state index in [0.717, 1.165) is 24.0 Å². The molecule has 42 heavy (non-hydrogen) atoms. The molecular weight excluding hydrogens is 593 g/mol. The van der Waals surface area contributed by atoms with Crippen LogP contribution in [0.1, 0.15) is 38.8 Å². The van der Waals surface area contributed by atoms with Gasteiger partial charge in [0.15, 0.2) is 0 Å². The molecule has 0 heterocycles. The Morgan fingerprint density at radius 2 is 0.976 bits per heavy atom. The van der Waals surface area contributed by atoms with Crippen LogP contribution >= 0.6 is 12.4 Å². The zero-order valence-corrected chi connectivity index (χ0v) is 29.1. The fourth-order valence-electron chi connectivity index (χ4n) is 4.05. The first kappa shape index (κ1) is 56.5. The molecule has 9 N–H and O–H groups in total. The van der Waals surface area contributed by atoms with Crippen LogP contribution in [0.5, 0.6) is 0 Å². The summed E-state index contributed by atoms with van der Waals surface area (Å²) < 4.78 is 0. The molecule has 237 valence electrons. The Kier molecular flexibility index (Phi) is 35.1. The van der Waals surface area contributed by atoms with Gasteiger partial charge in [-0.3, -0.25) is 14.5 Å². The van der Waals surface area contributed by atoms with Crippen LogP contribution in [0, 0.1) is 0 Å². The van der Waals surface area contributed by atoms with Gasteiger partial charge in [0.25, 0.3) is 0 Å². The van der Waals surface area contributed by atoms with Crippen molar-refractivity contribution in [1.82, 2.24) is 14.7 Å². The molecule has 0 aliphatic carbocycles. The van der Waals surface area contributed by atoms with Crippen LogP contribution in [0.25, 0.3) is 0 Å². The first-order chi connectivity index (χ1) is 16.0. The molecule has 14 heteroatoms. The molecule has 0 aromatic heterocycles. The molecule has 3 radical (unpaired) electrons. The van der Waals surface area contributed by atoms with Gasteiger partial charge in [0, 0.05) is 49.1 Å². The van der Waals surface area contributed by atoms with Crippen LogP contribution in [0.2, 0.25) is 0 Å². The van der Waals surface area contributed by atoms with E-state index >= 15 is 0 Å². The predicted molar refractivity (Wildman–Crippen MR) is 171 cm³/mol. The Bertz CT molecular complexity index is 874. The Labute approximate surface area is 283 Å². The van der Waals surface area contributed by atoms with E-state index in [4.69, 9.17) is 0 Å². The van der Waals surface area contributed by atoms with Gasteiger partial charge in [0.05, 0.1) is 19.7 Å². The summed E-state index contributed by atoms with van der Waals surface area (Å²) in [6, 6.07) is 20.2. The molecule has 0 fully saturated rings. The monoisotopic (exact) mass is 642 g/mol. The minimum atomic E-state index is -0.387. The summed E-state index contributed by atoms with van der Waals surface area (Å²) in [6.45, 7) is 8.46. The number of aliphatic hydroxyl groups excluding tert-OH is 1. The molecule has 0 spiro atoms. The van der Waals surface area contributed by atoms with Crippen LogP contribution in [-0.2, 0) is 22.4 Å². The van der Waals surface area contributed by atoms with Crippen molar-refractivity contribution < 1.29 is 42.1 Å². The van der Waals surface area contributed by atoms with Crippen LogP contribution in [0.15, 0.2) is 60.7 Å². The number of amides is 2. The molecule has 0 saturated carbocycles. The molecular formula is C28H50AlClMgN3O8. The maximum Gasteiger partial charge on any atom is 2.00 e. The number of nitrogens with zero attached hydrogens (tertiary/aromatic N) is 3. The molecule has 0 bridgehead atoms. The van der Waals surface area contributed by atoms with E-state index in [1.54, 1.807) is 28.8 Å². The van der Waals surface area contributed by atoms with Crippen molar-refractivity contribution in [2.75, 3.05) is 40.3 Å². The predicted octanol–water partition coefficient (Wildman–Crippen LogP) is 0.0726. The van der Waals surface area contributed by atoms with E-state index in [1.807, 2.05) is 64.1 Å². The maximum atomic E-state index is 13.1. The van der Waals surface area contributed by atoms with Gasteiger partial charge in [0.1, 0.15) is 0 Å². The van der Waals surface area contributed by atoms with E-state index in [2.05, 4.69) is 24.3 Å². The van der Waals surface area contributed by atoms with Gasteiger partial charge in [0.2, 0.25) is 11.8 Å². The van der Waals surface area contributed by atoms with Crippen LogP contribution < -0.4 is 0 Å². The number of hydrogen-bond donors (Lipinski definition) is 1. The van der Waals surface area contributed by atoms with E-state index in [-0.39, 0.29) is 129 Å². The van der Waals surface area contributed by atoms with Crippen LogP contribution in [0.3, 0.4) is 0 Å². The van der Waals surface area contributed by atoms with E-state index < -0.39 is 0 Å². The Hall–Kier alpha value is -1.31. The van der Waals surface area contributed by atoms with E-state index in [1.165, 1.54) is 0 Å². The molecule has 2 aromatic rings. The second-order valence-corrected chi connectivity index (χ2v) is 10.3. The second kappa shape index (κ2) is 26.1. The zero-order valence-electron chi connectivity index (χ0n) is 25.7. The van der Waals surface area contributed by atoms with Crippen molar-refractivity contribution in [1.29, 1.82) is 0 Å². The standard InChI is InChI=1S/C28H41N3O3.Al.ClH.Mg.5H2O/c1-27(2,19-23-13-9-7-10-14-23)29(5)25(33)21-31(17-18-32)22-26(34)30(6)28(3,4)20-24-15-11-8-12-16-24;;;;;;;;/h7-16,32H,17-22H2,1-6H3;;1H;;5*1H2/q;;;+2;;;;;/p-2. The third kappa shape index (κ3) is 17.7. The SMILES string of the molecule is CN(C(=O)CN(CCO)CC(=O)N(C)C(C)(C)Cc1ccccc1)C(C)(C)Cc1ccccc1.Cl.O.O.O.[Al].[Mg+2].[OH-].[OH-]. The molecule has 2 amide bonds. The summed E-state index contributed by atoms with van der Waals surface area (Å²) in [7, 11) is 3.61. The number of likely N-dealkylation sites (N-methyl/N-ethyl adjacent to an activating group) is 2. The summed E-state index contributed by atoms with van der Waals surface area (Å²) in [4.78, 5) is 31.5. The number of carbonyl (C=O) groups excluding carboxylic acids is 2. The molecule has 0 aliphatic heterocycles. The first-order valence-electron chi connectivity index (χ1n) is 11.9. The Morgan fingerprint density at radius 1 is 0.690 bits per heavy atom. The van der Waals surface area contributed by atoms with E-state index in [0.29, 0.717) is 0 Å².